The van der Waals surface area contributed by atoms with Gasteiger partial charge in [-0.3, -0.25) is 4.40 Å². The van der Waals surface area contributed by atoms with Crippen molar-refractivity contribution in [2.75, 3.05) is 19.0 Å². The summed E-state index contributed by atoms with van der Waals surface area (Å²) < 4.78 is 6.92. The van der Waals surface area contributed by atoms with Crippen molar-refractivity contribution < 1.29 is 9.53 Å². The molecule has 0 aliphatic rings. The van der Waals surface area contributed by atoms with E-state index in [2.05, 4.69) is 15.3 Å². The number of rotatable bonds is 3. The van der Waals surface area contributed by atoms with Crippen LogP contribution in [0.5, 0.6) is 0 Å². The van der Waals surface area contributed by atoms with E-state index in [9.17, 15) is 4.79 Å². The van der Waals surface area contributed by atoms with Gasteiger partial charge in [0.2, 0.25) is 0 Å². The molecule has 0 aliphatic heterocycles. The van der Waals surface area contributed by atoms with Gasteiger partial charge in [0.05, 0.1) is 12.1 Å². The molecule has 0 aromatic carbocycles. The van der Waals surface area contributed by atoms with Crippen LogP contribution in [0.15, 0.2) is 30.5 Å². The van der Waals surface area contributed by atoms with Gasteiger partial charge in [-0.05, 0) is 25.1 Å². The smallest absolute Gasteiger partial charge is 0.357 e. The summed E-state index contributed by atoms with van der Waals surface area (Å²) in [4.78, 5) is 20.6. The Bertz CT molecular complexity index is 794. The van der Waals surface area contributed by atoms with E-state index in [4.69, 9.17) is 4.74 Å². The first-order valence-corrected chi connectivity index (χ1v) is 6.37. The van der Waals surface area contributed by atoms with Gasteiger partial charge >= 0.3 is 5.97 Å². The van der Waals surface area contributed by atoms with Crippen LogP contribution in [-0.4, -0.2) is 34.0 Å². The van der Waals surface area contributed by atoms with E-state index in [0.29, 0.717) is 17.9 Å². The number of carbonyl (C=O) groups excluding carboxylic acids is 1. The highest BCUT2D eigenvalue weighted by Crippen LogP contribution is 2.24. The summed E-state index contributed by atoms with van der Waals surface area (Å²) in [7, 11) is 1.76. The van der Waals surface area contributed by atoms with Crippen LogP contribution in [0.3, 0.4) is 0 Å². The van der Waals surface area contributed by atoms with Crippen molar-refractivity contribution in [1.82, 2.24) is 14.4 Å². The maximum absolute atomic E-state index is 11.8. The largest absolute Gasteiger partial charge is 0.461 e. The number of aromatic nitrogens is 3. The third kappa shape index (κ3) is 1.85. The normalized spacial score (nSPS) is 10.9. The van der Waals surface area contributed by atoms with E-state index in [1.165, 1.54) is 0 Å². The molecule has 3 heterocycles. The minimum atomic E-state index is -0.442. The standard InChI is InChI=1S/C14H14N4O2/c1-3-20-14(19)10-8-9-12(13(15-2)17-10)18-7-5-4-6-11(18)16-9/h4-8H,3H2,1-2H3,(H,15,17). The summed E-state index contributed by atoms with van der Waals surface area (Å²) in [6, 6.07) is 7.40. The number of hydrogen-bond donors (Lipinski definition) is 1. The maximum Gasteiger partial charge on any atom is 0.357 e. The Morgan fingerprint density at radius 2 is 2.25 bits per heavy atom. The van der Waals surface area contributed by atoms with Crippen LogP contribution >= 0.6 is 0 Å². The summed E-state index contributed by atoms with van der Waals surface area (Å²) in [5.74, 6) is 0.159. The Morgan fingerprint density at radius 3 is 3.00 bits per heavy atom. The second-order valence-electron chi connectivity index (χ2n) is 4.23. The average Bonchev–Trinajstić information content (AvgIpc) is 2.84. The Labute approximate surface area is 115 Å². The Balaban J connectivity index is 2.29. The van der Waals surface area contributed by atoms with Crippen LogP contribution < -0.4 is 5.32 Å². The second-order valence-corrected chi connectivity index (χ2v) is 4.23. The molecule has 1 N–H and O–H groups in total. The van der Waals surface area contributed by atoms with E-state index >= 15 is 0 Å². The predicted molar refractivity (Wildman–Crippen MR) is 76.0 cm³/mol. The number of hydrogen-bond acceptors (Lipinski definition) is 5. The van der Waals surface area contributed by atoms with Crippen LogP contribution in [0.4, 0.5) is 5.82 Å². The SMILES string of the molecule is CCOC(=O)c1cc2nc3ccccn3c2c(NC)n1. The van der Waals surface area contributed by atoms with Gasteiger partial charge in [0.1, 0.15) is 11.2 Å². The van der Waals surface area contributed by atoms with Crippen molar-refractivity contribution in [3.05, 3.63) is 36.2 Å². The number of imidazole rings is 1. The Morgan fingerprint density at radius 1 is 1.40 bits per heavy atom. The molecule has 0 spiro atoms. The second kappa shape index (κ2) is 4.80. The maximum atomic E-state index is 11.8. The monoisotopic (exact) mass is 270 g/mol. The molecule has 6 heteroatoms. The summed E-state index contributed by atoms with van der Waals surface area (Å²) in [6.45, 7) is 2.08. The zero-order chi connectivity index (χ0) is 14.1. The summed E-state index contributed by atoms with van der Waals surface area (Å²) in [5, 5.41) is 3.01. The fourth-order valence-electron chi connectivity index (χ4n) is 2.17. The average molecular weight is 270 g/mol. The molecule has 0 amide bonds. The van der Waals surface area contributed by atoms with Crippen molar-refractivity contribution >= 4 is 28.5 Å². The fraction of sp³-hybridized carbons (Fsp3) is 0.214. The zero-order valence-electron chi connectivity index (χ0n) is 11.3. The number of nitrogens with zero attached hydrogens (tertiary/aromatic N) is 3. The van der Waals surface area contributed by atoms with Crippen LogP contribution in [0.25, 0.3) is 16.7 Å². The van der Waals surface area contributed by atoms with E-state index in [0.717, 1.165) is 11.2 Å². The van der Waals surface area contributed by atoms with Gasteiger partial charge < -0.3 is 10.1 Å². The zero-order valence-corrected chi connectivity index (χ0v) is 11.3. The molecule has 0 fully saturated rings. The first-order chi connectivity index (χ1) is 9.74. The molecule has 102 valence electrons. The molecule has 0 radical (unpaired) electrons. The third-order valence-corrected chi connectivity index (χ3v) is 3.01. The van der Waals surface area contributed by atoms with Gasteiger partial charge in [-0.1, -0.05) is 6.07 Å². The molecular weight excluding hydrogens is 256 g/mol. The molecule has 0 saturated carbocycles. The lowest BCUT2D eigenvalue weighted by molar-refractivity contribution is 0.0520. The molecule has 0 unspecified atom stereocenters. The lowest BCUT2D eigenvalue weighted by Crippen LogP contribution is -2.09. The summed E-state index contributed by atoms with van der Waals surface area (Å²) >= 11 is 0. The molecule has 0 aliphatic carbocycles. The predicted octanol–water partition coefficient (Wildman–Crippen LogP) is 2.10. The Hall–Kier alpha value is -2.63. The van der Waals surface area contributed by atoms with Crippen molar-refractivity contribution in [3.8, 4) is 0 Å². The molecular formula is C14H14N4O2. The molecule has 0 bridgehead atoms. The molecule has 3 aromatic heterocycles. The van der Waals surface area contributed by atoms with Gasteiger partial charge in [0.25, 0.3) is 0 Å². The summed E-state index contributed by atoms with van der Waals surface area (Å²) in [6.07, 6.45) is 1.91. The molecule has 0 atom stereocenters. The number of nitrogens with one attached hydrogen (secondary N) is 1. The van der Waals surface area contributed by atoms with E-state index in [1.54, 1.807) is 20.0 Å². The quantitative estimate of drug-likeness (QED) is 0.738. The number of esters is 1. The highest BCUT2D eigenvalue weighted by Gasteiger charge is 2.16. The number of pyridine rings is 2. The van der Waals surface area contributed by atoms with Crippen molar-refractivity contribution in [2.24, 2.45) is 0 Å². The topological polar surface area (TPSA) is 68.5 Å². The van der Waals surface area contributed by atoms with Crippen molar-refractivity contribution in [1.29, 1.82) is 0 Å². The van der Waals surface area contributed by atoms with Gasteiger partial charge in [-0.2, -0.15) is 0 Å². The van der Waals surface area contributed by atoms with Crippen LogP contribution in [0.2, 0.25) is 0 Å². The molecule has 20 heavy (non-hydrogen) atoms. The van der Waals surface area contributed by atoms with E-state index in [1.807, 2.05) is 28.8 Å². The number of anilines is 1. The molecule has 6 nitrogen and oxygen atoms in total. The lowest BCUT2D eigenvalue weighted by Gasteiger charge is -2.06. The first kappa shape index (κ1) is 12.4. The van der Waals surface area contributed by atoms with E-state index in [-0.39, 0.29) is 5.69 Å². The fourth-order valence-corrected chi connectivity index (χ4v) is 2.17. The van der Waals surface area contributed by atoms with Crippen molar-refractivity contribution in [2.45, 2.75) is 6.92 Å². The highest BCUT2D eigenvalue weighted by molar-refractivity contribution is 5.96. The molecule has 0 saturated heterocycles. The first-order valence-electron chi connectivity index (χ1n) is 6.37. The van der Waals surface area contributed by atoms with Crippen LogP contribution in [0, 0.1) is 0 Å². The molecule has 3 aromatic rings. The lowest BCUT2D eigenvalue weighted by atomic mass is 10.3. The minimum Gasteiger partial charge on any atom is -0.461 e. The van der Waals surface area contributed by atoms with Gasteiger partial charge in [-0.15, -0.1) is 0 Å². The van der Waals surface area contributed by atoms with Crippen molar-refractivity contribution in [3.63, 3.8) is 0 Å². The Kier molecular flexibility index (Phi) is 2.98. The number of fused-ring (bicyclic) bond motifs is 3. The van der Waals surface area contributed by atoms with Gasteiger partial charge in [-0.25, -0.2) is 14.8 Å². The third-order valence-electron chi connectivity index (χ3n) is 3.01. The van der Waals surface area contributed by atoms with E-state index < -0.39 is 5.97 Å². The van der Waals surface area contributed by atoms with Gasteiger partial charge in [0, 0.05) is 13.2 Å². The van der Waals surface area contributed by atoms with Crippen LogP contribution in [0.1, 0.15) is 17.4 Å². The number of carbonyl (C=O) groups is 1. The molecule has 3 rings (SSSR count). The summed E-state index contributed by atoms with van der Waals surface area (Å²) in [5.41, 5.74) is 2.61. The van der Waals surface area contributed by atoms with Gasteiger partial charge in [0.15, 0.2) is 11.5 Å². The minimum absolute atomic E-state index is 0.257. The number of ether oxygens (including phenoxy) is 1. The van der Waals surface area contributed by atoms with Crippen LogP contribution in [-0.2, 0) is 4.74 Å². The highest BCUT2D eigenvalue weighted by atomic mass is 16.5.